The molecule has 0 unspecified atom stereocenters. The maximum Gasteiger partial charge on any atom is 0 e. The van der Waals surface area contributed by atoms with Crippen molar-refractivity contribution in [1.82, 2.24) is 0 Å². The van der Waals surface area contributed by atoms with E-state index in [-0.39, 0.29) is 17.1 Å². The summed E-state index contributed by atoms with van der Waals surface area (Å²) in [5.41, 5.74) is 13.1. The summed E-state index contributed by atoms with van der Waals surface area (Å²) in [6.07, 6.45) is 29.3. The second kappa shape index (κ2) is 33.6. The van der Waals surface area contributed by atoms with Gasteiger partial charge in [-0.25, -0.2) is 12.1 Å². The average Bonchev–Trinajstić information content (AvgIpc) is 4.12. The van der Waals surface area contributed by atoms with E-state index >= 15 is 0 Å². The van der Waals surface area contributed by atoms with Gasteiger partial charge in [0.1, 0.15) is 0 Å². The number of unbranched alkanes of at least 4 members (excludes halogenated alkanes) is 8. The Balaban J connectivity index is 0.00000162. The normalized spacial score (nSPS) is 11.3. The van der Waals surface area contributed by atoms with Gasteiger partial charge < -0.3 is 30.3 Å². The van der Waals surface area contributed by atoms with E-state index in [4.69, 9.17) is 0 Å². The van der Waals surface area contributed by atoms with Gasteiger partial charge in [-0.2, -0.15) is 6.07 Å². The van der Waals surface area contributed by atoms with E-state index in [2.05, 4.69) is 146 Å². The van der Waals surface area contributed by atoms with Crippen LogP contribution < -0.4 is 31.8 Å². The van der Waals surface area contributed by atoms with Gasteiger partial charge in [-0.15, -0.1) is 10.6 Å². The Labute approximate surface area is 437 Å². The van der Waals surface area contributed by atoms with Crippen LogP contribution in [-0.4, -0.2) is 0 Å². The van der Waals surface area contributed by atoms with Crippen molar-refractivity contribution < 1.29 is 17.1 Å². The average molecular weight is 1000 g/mol. The minimum Gasteiger partial charge on any atom is -0.748 e. The van der Waals surface area contributed by atoms with Crippen LogP contribution in [0.25, 0.3) is 0 Å². The Morgan fingerprint density at radius 1 is 0.333 bits per heavy atom. The third-order valence-corrected chi connectivity index (χ3v) is 19.6. The molecule has 0 spiro atoms. The standard InChI is InChI=1S/C61H87P2.C5H5.Fe/c1-9-17-30-48-34-25-42-56(52(48)38-21-13-5)62(57-43-26-35-49(31-18-10-2)53(57)39-22-14-6)60-46-29-47-61(60)63(58-44-27-36-50(32-19-11-3)54(58)40-23-15-7)59-45-28-37-51(33-20-12-4)55(59)41-24-16-8;1-2-4-5-3-1;/h25-29,34-37,42-47H,9-24,30-33,38-41H2,1-8H3;1-5H;/q-1;-5;. The van der Waals surface area contributed by atoms with Crippen molar-refractivity contribution in [2.24, 2.45) is 0 Å². The first-order valence-electron chi connectivity index (χ1n) is 28.0. The van der Waals surface area contributed by atoms with Gasteiger partial charge in [0.15, 0.2) is 0 Å². The van der Waals surface area contributed by atoms with Gasteiger partial charge in [0, 0.05) is 17.1 Å². The van der Waals surface area contributed by atoms with Crippen molar-refractivity contribution in [3.05, 3.63) is 166 Å². The van der Waals surface area contributed by atoms with Gasteiger partial charge in [0.05, 0.1) is 0 Å². The van der Waals surface area contributed by atoms with Crippen LogP contribution in [-0.2, 0) is 68.4 Å². The summed E-state index contributed by atoms with van der Waals surface area (Å²) in [5.74, 6) is 0. The number of rotatable bonds is 30. The Bertz CT molecular complexity index is 1990. The van der Waals surface area contributed by atoms with Gasteiger partial charge in [0.2, 0.25) is 0 Å². The van der Waals surface area contributed by atoms with Crippen LogP contribution in [0.4, 0.5) is 0 Å². The molecule has 69 heavy (non-hydrogen) atoms. The molecule has 380 valence electrons. The smallest absolute Gasteiger partial charge is 0 e. The van der Waals surface area contributed by atoms with Crippen molar-refractivity contribution in [2.45, 2.75) is 209 Å². The van der Waals surface area contributed by atoms with Crippen molar-refractivity contribution in [1.29, 1.82) is 0 Å². The topological polar surface area (TPSA) is 0 Å². The first-order chi connectivity index (χ1) is 33.5. The maximum atomic E-state index is 2.63. The van der Waals surface area contributed by atoms with Gasteiger partial charge in [-0.3, -0.25) is 0 Å². The van der Waals surface area contributed by atoms with Crippen molar-refractivity contribution in [3.63, 3.8) is 0 Å². The molecule has 6 aromatic rings. The Kier molecular flexibility index (Phi) is 28.5. The van der Waals surface area contributed by atoms with Gasteiger partial charge in [-0.05, 0) is 176 Å². The molecule has 0 aromatic heterocycles. The summed E-state index contributed by atoms with van der Waals surface area (Å²) in [5, 5.41) is 9.84. The molecule has 0 amide bonds. The zero-order valence-corrected chi connectivity index (χ0v) is 47.7. The molecule has 0 heterocycles. The molecule has 0 N–H and O–H groups in total. The molecule has 0 saturated carbocycles. The fourth-order valence-corrected chi connectivity index (χ4v) is 16.5. The Morgan fingerprint density at radius 2 is 0.609 bits per heavy atom. The van der Waals surface area contributed by atoms with Crippen LogP contribution in [0.5, 0.6) is 0 Å². The molecule has 3 heteroatoms. The first kappa shape index (κ1) is 58.5. The molecule has 0 aliphatic heterocycles. The molecular formula is C66H92FeP2-6. The van der Waals surface area contributed by atoms with Crippen molar-refractivity contribution in [3.8, 4) is 0 Å². The molecule has 0 radical (unpaired) electrons. The fourth-order valence-electron chi connectivity index (χ4n) is 10.2. The van der Waals surface area contributed by atoms with E-state index in [1.807, 2.05) is 30.3 Å². The van der Waals surface area contributed by atoms with E-state index < -0.39 is 15.8 Å². The van der Waals surface area contributed by atoms with Gasteiger partial charge in [0.25, 0.3) is 0 Å². The molecule has 0 atom stereocenters. The maximum absolute atomic E-state index is 2.63. The molecule has 6 rings (SSSR count). The predicted molar refractivity (Wildman–Crippen MR) is 310 cm³/mol. The zero-order chi connectivity index (χ0) is 48.4. The Morgan fingerprint density at radius 3 is 0.913 bits per heavy atom. The minimum atomic E-state index is -0.839. The van der Waals surface area contributed by atoms with Crippen molar-refractivity contribution in [2.75, 3.05) is 0 Å². The van der Waals surface area contributed by atoms with Gasteiger partial charge in [-0.1, -0.05) is 187 Å². The quantitative estimate of drug-likeness (QED) is 0.0240. The number of hydrogen-bond acceptors (Lipinski definition) is 0. The van der Waals surface area contributed by atoms with Crippen molar-refractivity contribution >= 4 is 47.7 Å². The molecule has 0 bridgehead atoms. The van der Waals surface area contributed by atoms with E-state index in [9.17, 15) is 0 Å². The number of hydrogen-bond donors (Lipinski definition) is 0. The molecule has 6 aromatic carbocycles. The van der Waals surface area contributed by atoms with E-state index in [0.717, 1.165) is 0 Å². The van der Waals surface area contributed by atoms with Crippen LogP contribution in [0, 0.1) is 0 Å². The third-order valence-electron chi connectivity index (χ3n) is 14.1. The first-order valence-corrected chi connectivity index (χ1v) is 30.6. The summed E-state index contributed by atoms with van der Waals surface area (Å²) < 4.78 is 0. The minimum absolute atomic E-state index is 0. The zero-order valence-electron chi connectivity index (χ0n) is 44.8. The third kappa shape index (κ3) is 16.8. The molecule has 0 fully saturated rings. The molecule has 0 aliphatic carbocycles. The predicted octanol–water partition coefficient (Wildman–Crippen LogP) is 17.1. The van der Waals surface area contributed by atoms with Gasteiger partial charge >= 0.3 is 0 Å². The fraction of sp³-hybridized carbons (Fsp3) is 0.485. The second-order valence-corrected chi connectivity index (χ2v) is 23.6. The summed E-state index contributed by atoms with van der Waals surface area (Å²) in [6.45, 7) is 19.0. The Hall–Kier alpha value is -3.04. The molecule has 0 saturated heterocycles. The summed E-state index contributed by atoms with van der Waals surface area (Å²) >= 11 is 0. The second-order valence-electron chi connectivity index (χ2n) is 19.4. The van der Waals surface area contributed by atoms with Crippen LogP contribution in [0.2, 0.25) is 0 Å². The van der Waals surface area contributed by atoms with Crippen LogP contribution in [0.15, 0.2) is 121 Å². The molecule has 0 nitrogen and oxygen atoms in total. The number of benzene rings is 4. The summed E-state index contributed by atoms with van der Waals surface area (Å²) in [6, 6.07) is 47.9. The summed E-state index contributed by atoms with van der Waals surface area (Å²) in [7, 11) is -1.68. The molecular weight excluding hydrogens is 911 g/mol. The van der Waals surface area contributed by atoms with E-state index in [0.29, 0.717) is 0 Å². The largest absolute Gasteiger partial charge is 0.748 e. The van der Waals surface area contributed by atoms with Crippen LogP contribution in [0.3, 0.4) is 0 Å². The van der Waals surface area contributed by atoms with Crippen LogP contribution in [0.1, 0.15) is 203 Å². The monoisotopic (exact) mass is 1000 g/mol. The van der Waals surface area contributed by atoms with E-state index in [1.54, 1.807) is 76.3 Å². The summed E-state index contributed by atoms with van der Waals surface area (Å²) in [4.78, 5) is 0. The van der Waals surface area contributed by atoms with E-state index in [1.165, 1.54) is 154 Å². The molecule has 0 aliphatic rings. The number of aryl methyl sites for hydroxylation is 4. The van der Waals surface area contributed by atoms with Crippen LogP contribution >= 0.6 is 15.8 Å². The SMILES string of the molecule is CCCCc1cccc(P(c2cccc(CCCC)c2CCCC)c2ccc[c-]2P(c2cccc(CCCC)c2CCCC)c2cccc(CCCC)c2CCCC)c1CCCC.[Fe].[cH-]1[cH-][cH-][cH-][cH-]1.